The third-order valence-corrected chi connectivity index (χ3v) is 3.60. The van der Waals surface area contributed by atoms with Gasteiger partial charge in [0.15, 0.2) is 5.69 Å². The first-order valence-corrected chi connectivity index (χ1v) is 7.33. The highest BCUT2D eigenvalue weighted by atomic mass is 19.1. The molecule has 0 atom stereocenters. The van der Waals surface area contributed by atoms with Crippen molar-refractivity contribution in [3.63, 3.8) is 0 Å². The van der Waals surface area contributed by atoms with E-state index >= 15 is 0 Å². The summed E-state index contributed by atoms with van der Waals surface area (Å²) in [6.07, 6.45) is 0. The number of aryl methyl sites for hydroxylation is 1. The summed E-state index contributed by atoms with van der Waals surface area (Å²) in [7, 11) is 3.34. The van der Waals surface area contributed by atoms with Crippen LogP contribution in [0.5, 0.6) is 5.75 Å². The average Bonchev–Trinajstić information content (AvgIpc) is 2.99. The van der Waals surface area contributed by atoms with Gasteiger partial charge in [-0.2, -0.15) is 5.10 Å². The fourth-order valence-electron chi connectivity index (χ4n) is 2.38. The lowest BCUT2D eigenvalue weighted by Gasteiger charge is -2.04. The monoisotopic (exact) mass is 325 g/mol. The van der Waals surface area contributed by atoms with Crippen molar-refractivity contribution in [1.82, 2.24) is 9.78 Å². The summed E-state index contributed by atoms with van der Waals surface area (Å²) in [5, 5.41) is 6.74. The van der Waals surface area contributed by atoms with Gasteiger partial charge in [-0.3, -0.25) is 9.48 Å². The third kappa shape index (κ3) is 3.12. The van der Waals surface area contributed by atoms with E-state index in [-0.39, 0.29) is 11.4 Å². The molecule has 1 N–H and O–H groups in total. The molecule has 0 unspecified atom stereocenters. The van der Waals surface area contributed by atoms with Gasteiger partial charge in [0.25, 0.3) is 5.91 Å². The normalized spacial score (nSPS) is 10.5. The second-order valence-electron chi connectivity index (χ2n) is 5.20. The van der Waals surface area contributed by atoms with Crippen molar-refractivity contribution < 1.29 is 13.9 Å². The van der Waals surface area contributed by atoms with Crippen LogP contribution in [0.4, 0.5) is 10.1 Å². The van der Waals surface area contributed by atoms with Crippen LogP contribution in [0.15, 0.2) is 54.6 Å². The Bertz CT molecular complexity index is 889. The minimum atomic E-state index is -0.491. The van der Waals surface area contributed by atoms with E-state index in [4.69, 9.17) is 4.74 Å². The number of ether oxygens (including phenoxy) is 1. The van der Waals surface area contributed by atoms with Crippen molar-refractivity contribution in [3.05, 3.63) is 66.1 Å². The summed E-state index contributed by atoms with van der Waals surface area (Å²) in [6.45, 7) is 0. The number of anilines is 1. The number of aromatic nitrogens is 2. The van der Waals surface area contributed by atoms with Gasteiger partial charge in [0.1, 0.15) is 11.6 Å². The van der Waals surface area contributed by atoms with Crippen LogP contribution in [0.1, 0.15) is 10.5 Å². The summed E-state index contributed by atoms with van der Waals surface area (Å²) >= 11 is 0. The van der Waals surface area contributed by atoms with E-state index < -0.39 is 11.7 Å². The Morgan fingerprint density at radius 3 is 2.71 bits per heavy atom. The molecular weight excluding hydrogens is 309 g/mol. The van der Waals surface area contributed by atoms with E-state index in [2.05, 4.69) is 10.4 Å². The number of methoxy groups -OCH3 is 1. The Morgan fingerprint density at radius 1 is 1.17 bits per heavy atom. The van der Waals surface area contributed by atoms with E-state index in [1.807, 2.05) is 24.3 Å². The van der Waals surface area contributed by atoms with Gasteiger partial charge in [0.05, 0.1) is 18.5 Å². The first kappa shape index (κ1) is 15.7. The van der Waals surface area contributed by atoms with Gasteiger partial charge < -0.3 is 10.1 Å². The SMILES string of the molecule is COc1cccc(-c2cc(C(=O)Nc3ccccc3F)nn2C)c1. The highest BCUT2D eigenvalue weighted by Crippen LogP contribution is 2.24. The number of benzene rings is 2. The molecule has 0 aliphatic carbocycles. The summed E-state index contributed by atoms with van der Waals surface area (Å²) in [5.41, 5.74) is 1.96. The Hall–Kier alpha value is -3.15. The number of nitrogens with one attached hydrogen (secondary N) is 1. The second-order valence-corrected chi connectivity index (χ2v) is 5.20. The van der Waals surface area contributed by atoms with Gasteiger partial charge in [-0.15, -0.1) is 0 Å². The number of para-hydroxylation sites is 1. The number of halogens is 1. The number of nitrogens with zero attached hydrogens (tertiary/aromatic N) is 2. The Balaban J connectivity index is 1.88. The van der Waals surface area contributed by atoms with E-state index in [9.17, 15) is 9.18 Å². The molecule has 0 radical (unpaired) electrons. The lowest BCUT2D eigenvalue weighted by molar-refractivity contribution is 0.102. The number of amides is 1. The van der Waals surface area contributed by atoms with Gasteiger partial charge in [-0.1, -0.05) is 24.3 Å². The molecule has 0 saturated heterocycles. The molecule has 1 aromatic heterocycles. The maximum atomic E-state index is 13.6. The largest absolute Gasteiger partial charge is 0.497 e. The van der Waals surface area contributed by atoms with Crippen LogP contribution in [0.3, 0.4) is 0 Å². The zero-order valence-electron chi connectivity index (χ0n) is 13.3. The Kier molecular flexibility index (Phi) is 4.29. The van der Waals surface area contributed by atoms with Crippen LogP contribution in [0, 0.1) is 5.82 Å². The van der Waals surface area contributed by atoms with Gasteiger partial charge in [-0.25, -0.2) is 4.39 Å². The molecule has 122 valence electrons. The Labute approximate surface area is 138 Å². The van der Waals surface area contributed by atoms with Crippen molar-refractivity contribution in [2.75, 3.05) is 12.4 Å². The molecule has 5 nitrogen and oxygen atoms in total. The van der Waals surface area contributed by atoms with Crippen LogP contribution in [-0.2, 0) is 7.05 Å². The number of hydrogen-bond donors (Lipinski definition) is 1. The lowest BCUT2D eigenvalue weighted by atomic mass is 10.1. The molecule has 0 aliphatic heterocycles. The number of carbonyl (C=O) groups is 1. The maximum Gasteiger partial charge on any atom is 0.276 e. The highest BCUT2D eigenvalue weighted by Gasteiger charge is 2.15. The quantitative estimate of drug-likeness (QED) is 0.799. The minimum absolute atomic E-state index is 0.121. The number of rotatable bonds is 4. The van der Waals surface area contributed by atoms with Gasteiger partial charge in [0, 0.05) is 12.6 Å². The predicted octanol–water partition coefficient (Wildman–Crippen LogP) is 3.49. The Morgan fingerprint density at radius 2 is 1.96 bits per heavy atom. The molecule has 0 saturated carbocycles. The zero-order valence-corrected chi connectivity index (χ0v) is 13.3. The molecule has 1 heterocycles. The molecule has 24 heavy (non-hydrogen) atoms. The minimum Gasteiger partial charge on any atom is -0.497 e. The molecule has 1 amide bonds. The summed E-state index contributed by atoms with van der Waals surface area (Å²) in [4.78, 5) is 12.3. The first-order chi connectivity index (χ1) is 11.6. The van der Waals surface area contributed by atoms with E-state index in [0.29, 0.717) is 5.75 Å². The van der Waals surface area contributed by atoms with Gasteiger partial charge in [0.2, 0.25) is 0 Å². The maximum absolute atomic E-state index is 13.6. The zero-order chi connectivity index (χ0) is 17.1. The van der Waals surface area contributed by atoms with Gasteiger partial charge >= 0.3 is 0 Å². The van der Waals surface area contributed by atoms with E-state index in [1.54, 1.807) is 37.0 Å². The fraction of sp³-hybridized carbons (Fsp3) is 0.111. The van der Waals surface area contributed by atoms with Crippen LogP contribution in [-0.4, -0.2) is 22.8 Å². The van der Waals surface area contributed by atoms with Crippen molar-refractivity contribution in [1.29, 1.82) is 0 Å². The van der Waals surface area contributed by atoms with Crippen LogP contribution in [0.25, 0.3) is 11.3 Å². The molecule has 2 aromatic carbocycles. The third-order valence-electron chi connectivity index (χ3n) is 3.60. The van der Waals surface area contributed by atoms with Crippen molar-refractivity contribution in [2.24, 2.45) is 7.05 Å². The fourth-order valence-corrected chi connectivity index (χ4v) is 2.38. The summed E-state index contributed by atoms with van der Waals surface area (Å²) < 4.78 is 20.5. The molecule has 3 aromatic rings. The molecule has 6 heteroatoms. The lowest BCUT2D eigenvalue weighted by Crippen LogP contribution is -2.13. The van der Waals surface area contributed by atoms with Crippen molar-refractivity contribution >= 4 is 11.6 Å². The van der Waals surface area contributed by atoms with Crippen LogP contribution in [0.2, 0.25) is 0 Å². The summed E-state index contributed by atoms with van der Waals surface area (Å²) in [5.74, 6) is -0.245. The molecule has 0 bridgehead atoms. The summed E-state index contributed by atoms with van der Waals surface area (Å²) in [6, 6.07) is 15.1. The molecule has 0 aliphatic rings. The highest BCUT2D eigenvalue weighted by molar-refractivity contribution is 6.03. The molecule has 0 spiro atoms. The average molecular weight is 325 g/mol. The smallest absolute Gasteiger partial charge is 0.276 e. The number of hydrogen-bond acceptors (Lipinski definition) is 3. The topological polar surface area (TPSA) is 56.1 Å². The van der Waals surface area contributed by atoms with Gasteiger partial charge in [-0.05, 0) is 30.3 Å². The van der Waals surface area contributed by atoms with Crippen molar-refractivity contribution in [3.8, 4) is 17.0 Å². The first-order valence-electron chi connectivity index (χ1n) is 7.33. The molecule has 3 rings (SSSR count). The van der Waals surface area contributed by atoms with Crippen molar-refractivity contribution in [2.45, 2.75) is 0 Å². The standard InChI is InChI=1S/C18H16FN3O2/c1-22-17(12-6-5-7-13(10-12)24-2)11-16(21-22)18(23)20-15-9-4-3-8-14(15)19/h3-11H,1-2H3,(H,20,23). The van der Waals surface area contributed by atoms with Crippen LogP contribution >= 0.6 is 0 Å². The molecule has 0 fully saturated rings. The predicted molar refractivity (Wildman–Crippen MR) is 89.5 cm³/mol. The number of carbonyl (C=O) groups excluding carboxylic acids is 1. The van der Waals surface area contributed by atoms with E-state index in [0.717, 1.165) is 11.3 Å². The second kappa shape index (κ2) is 6.54. The van der Waals surface area contributed by atoms with Crippen LogP contribution < -0.4 is 10.1 Å². The molecular formula is C18H16FN3O2. The van der Waals surface area contributed by atoms with E-state index in [1.165, 1.54) is 12.1 Å².